The summed E-state index contributed by atoms with van der Waals surface area (Å²) in [5.41, 5.74) is 0.227. The van der Waals surface area contributed by atoms with Crippen molar-refractivity contribution in [2.75, 3.05) is 13.1 Å². The number of carbonyl (C=O) groups is 3. The molecule has 2 aliphatic heterocycles. The van der Waals surface area contributed by atoms with Crippen molar-refractivity contribution in [2.24, 2.45) is 0 Å². The highest BCUT2D eigenvalue weighted by Gasteiger charge is 2.52. The second kappa shape index (κ2) is 8.11. The van der Waals surface area contributed by atoms with Crippen LogP contribution >= 0.6 is 0 Å². The van der Waals surface area contributed by atoms with Crippen molar-refractivity contribution in [3.05, 3.63) is 102 Å². The Bertz CT molecular complexity index is 1390. The topological polar surface area (TPSA) is 104 Å². The number of nitrogens with one attached hydrogen (secondary N) is 1. The Morgan fingerprint density at radius 1 is 0.765 bits per heavy atom. The molecule has 3 aromatic rings. The maximum atomic E-state index is 13.7. The lowest BCUT2D eigenvalue weighted by molar-refractivity contribution is -0.131. The number of nitrogens with zero attached hydrogens (tertiary/aromatic N) is 2. The van der Waals surface area contributed by atoms with Crippen LogP contribution in [0.5, 0.6) is 0 Å². The Morgan fingerprint density at radius 2 is 1.38 bits per heavy atom. The Balaban J connectivity index is 1.44. The van der Waals surface area contributed by atoms with Gasteiger partial charge in [0.2, 0.25) is 0 Å². The molecule has 1 fully saturated rings. The third kappa shape index (κ3) is 3.36. The van der Waals surface area contributed by atoms with Crippen molar-refractivity contribution in [3.8, 4) is 0 Å². The van der Waals surface area contributed by atoms with E-state index in [1.165, 1.54) is 12.1 Å². The summed E-state index contributed by atoms with van der Waals surface area (Å²) in [6.07, 6.45) is 0.227. The monoisotopic (exact) mass is 475 g/mol. The van der Waals surface area contributed by atoms with E-state index in [2.05, 4.69) is 5.32 Å². The minimum atomic E-state index is -4.04. The van der Waals surface area contributed by atoms with Gasteiger partial charge in [-0.1, -0.05) is 72.8 Å². The minimum absolute atomic E-state index is 0.0695. The molecule has 0 spiro atoms. The predicted octanol–water partition coefficient (Wildman–Crippen LogP) is 2.52. The highest BCUT2D eigenvalue weighted by atomic mass is 32.2. The van der Waals surface area contributed by atoms with Gasteiger partial charge in [0.25, 0.3) is 21.8 Å². The summed E-state index contributed by atoms with van der Waals surface area (Å²) < 4.78 is 26.4. The van der Waals surface area contributed by atoms with Gasteiger partial charge in [-0.25, -0.2) is 17.5 Å². The van der Waals surface area contributed by atoms with Gasteiger partial charge in [0, 0.05) is 13.0 Å². The Labute approximate surface area is 196 Å². The molecule has 4 amide bonds. The van der Waals surface area contributed by atoms with Crippen LogP contribution in [0, 0.1) is 0 Å². The molecular weight excluding hydrogens is 454 g/mol. The maximum absolute atomic E-state index is 13.7. The lowest BCUT2D eigenvalue weighted by Crippen LogP contribution is -2.46. The zero-order valence-electron chi connectivity index (χ0n) is 18.0. The molecule has 3 aromatic carbocycles. The van der Waals surface area contributed by atoms with Crippen LogP contribution in [0.1, 0.15) is 21.5 Å². The number of rotatable bonds is 6. The van der Waals surface area contributed by atoms with Crippen LogP contribution in [-0.2, 0) is 26.8 Å². The van der Waals surface area contributed by atoms with Crippen LogP contribution in [0.25, 0.3) is 0 Å². The normalized spacial score (nSPS) is 21.0. The molecule has 0 radical (unpaired) electrons. The van der Waals surface area contributed by atoms with E-state index >= 15 is 0 Å². The van der Waals surface area contributed by atoms with Gasteiger partial charge in [-0.05, 0) is 23.3 Å². The van der Waals surface area contributed by atoms with E-state index in [9.17, 15) is 22.8 Å². The number of benzene rings is 3. The fourth-order valence-electron chi connectivity index (χ4n) is 4.51. The first-order chi connectivity index (χ1) is 16.3. The number of hydrogen-bond acceptors (Lipinski definition) is 5. The molecule has 1 saturated heterocycles. The van der Waals surface area contributed by atoms with Crippen LogP contribution in [0.4, 0.5) is 4.79 Å². The lowest BCUT2D eigenvalue weighted by atomic mass is 9.83. The fourth-order valence-corrected chi connectivity index (χ4v) is 6.07. The average Bonchev–Trinajstić information content (AvgIpc) is 3.20. The van der Waals surface area contributed by atoms with E-state index in [0.29, 0.717) is 5.56 Å². The summed E-state index contributed by atoms with van der Waals surface area (Å²) in [7, 11) is -4.04. The minimum Gasteiger partial charge on any atom is -0.319 e. The quantitative estimate of drug-likeness (QED) is 0.552. The molecule has 5 rings (SSSR count). The molecule has 172 valence electrons. The molecule has 9 heteroatoms. The van der Waals surface area contributed by atoms with E-state index in [0.717, 1.165) is 14.8 Å². The van der Waals surface area contributed by atoms with Crippen LogP contribution in [0.2, 0.25) is 0 Å². The third-order valence-electron chi connectivity index (χ3n) is 6.19. The van der Waals surface area contributed by atoms with Crippen molar-refractivity contribution in [1.29, 1.82) is 0 Å². The fraction of sp³-hybridized carbons (Fsp3) is 0.160. The van der Waals surface area contributed by atoms with Gasteiger partial charge in [0.15, 0.2) is 5.54 Å². The van der Waals surface area contributed by atoms with Gasteiger partial charge in [-0.15, -0.1) is 0 Å². The number of sulfonamides is 1. The molecule has 0 saturated carbocycles. The second-order valence-electron chi connectivity index (χ2n) is 8.20. The summed E-state index contributed by atoms with van der Waals surface area (Å²) in [5.74, 6) is -1.16. The average molecular weight is 476 g/mol. The Kier molecular flexibility index (Phi) is 5.21. The molecule has 2 heterocycles. The Hall–Kier alpha value is -3.98. The summed E-state index contributed by atoms with van der Waals surface area (Å²) in [6.45, 7) is -0.585. The Morgan fingerprint density at radius 3 is 2.06 bits per heavy atom. The molecule has 34 heavy (non-hydrogen) atoms. The zero-order valence-corrected chi connectivity index (χ0v) is 18.9. The van der Waals surface area contributed by atoms with E-state index in [1.807, 2.05) is 36.4 Å². The molecule has 8 nitrogen and oxygen atoms in total. The summed E-state index contributed by atoms with van der Waals surface area (Å²) in [5, 5.41) is 2.84. The van der Waals surface area contributed by atoms with E-state index in [4.69, 9.17) is 0 Å². The van der Waals surface area contributed by atoms with Crippen molar-refractivity contribution in [2.45, 2.75) is 16.9 Å². The van der Waals surface area contributed by atoms with Crippen LogP contribution in [0.15, 0.2) is 89.8 Å². The van der Waals surface area contributed by atoms with E-state index in [-0.39, 0.29) is 30.0 Å². The van der Waals surface area contributed by atoms with Crippen molar-refractivity contribution in [3.63, 3.8) is 0 Å². The predicted molar refractivity (Wildman–Crippen MR) is 123 cm³/mol. The first kappa shape index (κ1) is 21.8. The molecule has 1 N–H and O–H groups in total. The molecule has 1 atom stereocenters. The highest BCUT2D eigenvalue weighted by Crippen LogP contribution is 2.34. The number of carbonyl (C=O) groups excluding carboxylic acids is 3. The molecule has 0 aromatic heterocycles. The molecular formula is C25H21N3O5S. The number of imide groups is 1. The first-order valence-electron chi connectivity index (χ1n) is 10.7. The smallest absolute Gasteiger partial charge is 0.319 e. The van der Waals surface area contributed by atoms with E-state index < -0.39 is 33.4 Å². The maximum Gasteiger partial charge on any atom is 0.325 e. The number of hydrogen-bond donors (Lipinski definition) is 1. The number of urea groups is 1. The van der Waals surface area contributed by atoms with Gasteiger partial charge >= 0.3 is 6.03 Å². The summed E-state index contributed by atoms with van der Waals surface area (Å²) in [6, 6.07) is 23.6. The molecule has 1 unspecified atom stereocenters. The summed E-state index contributed by atoms with van der Waals surface area (Å²) in [4.78, 5) is 40.3. The standard InChI is InChI=1S/C25H21N3O5S/c29-22-20-13-7-8-14-21(20)34(32,33)28(22)16-15-27-23(30)25(26-24(27)31,19-11-5-2-6-12-19)17-18-9-3-1-4-10-18/h1-14H,15-17H2,(H,26,31). The van der Waals surface area contributed by atoms with E-state index in [1.54, 1.807) is 36.4 Å². The van der Waals surface area contributed by atoms with Crippen molar-refractivity contribution < 1.29 is 22.8 Å². The van der Waals surface area contributed by atoms with Gasteiger partial charge in [-0.3, -0.25) is 14.5 Å². The molecule has 2 aliphatic rings. The largest absolute Gasteiger partial charge is 0.325 e. The lowest BCUT2D eigenvalue weighted by Gasteiger charge is -2.28. The first-order valence-corrected chi connectivity index (χ1v) is 12.2. The number of fused-ring (bicyclic) bond motifs is 1. The zero-order chi connectivity index (χ0) is 23.9. The van der Waals surface area contributed by atoms with Gasteiger partial charge in [-0.2, -0.15) is 0 Å². The van der Waals surface area contributed by atoms with Crippen LogP contribution in [-0.4, -0.2) is 48.6 Å². The van der Waals surface area contributed by atoms with Gasteiger partial charge in [0.1, 0.15) is 4.90 Å². The SMILES string of the molecule is O=C1NC(Cc2ccccc2)(c2ccccc2)C(=O)N1CCN1C(=O)c2ccccc2S1(=O)=O. The summed E-state index contributed by atoms with van der Waals surface area (Å²) >= 11 is 0. The molecule has 0 aliphatic carbocycles. The van der Waals surface area contributed by atoms with Crippen molar-refractivity contribution >= 4 is 27.9 Å². The third-order valence-corrected chi connectivity index (χ3v) is 8.03. The second-order valence-corrected chi connectivity index (χ2v) is 10.0. The van der Waals surface area contributed by atoms with Gasteiger partial charge < -0.3 is 5.32 Å². The van der Waals surface area contributed by atoms with Crippen LogP contribution < -0.4 is 5.32 Å². The highest BCUT2D eigenvalue weighted by molar-refractivity contribution is 7.90. The van der Waals surface area contributed by atoms with Gasteiger partial charge in [0.05, 0.1) is 12.1 Å². The number of amides is 4. The van der Waals surface area contributed by atoms with Crippen molar-refractivity contribution in [1.82, 2.24) is 14.5 Å². The van der Waals surface area contributed by atoms with Crippen LogP contribution in [0.3, 0.4) is 0 Å². The molecule has 0 bridgehead atoms.